The summed E-state index contributed by atoms with van der Waals surface area (Å²) in [6, 6.07) is 1.84. The number of rotatable bonds is 3. The number of hydrogen-bond acceptors (Lipinski definition) is 4. The largest absolute Gasteiger partial charge is 0.378 e. The van der Waals surface area contributed by atoms with Gasteiger partial charge in [0.15, 0.2) is 0 Å². The summed E-state index contributed by atoms with van der Waals surface area (Å²) in [6.45, 7) is 4.85. The number of amides is 1. The Bertz CT molecular complexity index is 357. The molecule has 3 heterocycles. The molecule has 3 aliphatic heterocycles. The smallest absolute Gasteiger partial charge is 0.239 e. The minimum atomic E-state index is -0.0720. The Labute approximate surface area is 128 Å². The molecule has 120 valence electrons. The normalized spacial score (nSPS) is 35.5. The van der Waals surface area contributed by atoms with Gasteiger partial charge in [-0.25, -0.2) is 0 Å². The Morgan fingerprint density at radius 3 is 2.43 bits per heavy atom. The first-order chi connectivity index (χ1) is 10.1. The second-order valence-electron chi connectivity index (χ2n) is 6.90. The van der Waals surface area contributed by atoms with Crippen molar-refractivity contribution in [1.29, 1.82) is 0 Å². The Balaban J connectivity index is 1.52. The van der Waals surface area contributed by atoms with Gasteiger partial charge in [0.05, 0.1) is 19.3 Å². The molecule has 21 heavy (non-hydrogen) atoms. The lowest BCUT2D eigenvalue weighted by Crippen LogP contribution is -2.58. The highest BCUT2D eigenvalue weighted by Crippen LogP contribution is 2.32. The van der Waals surface area contributed by atoms with Gasteiger partial charge in [-0.05, 0) is 39.7 Å². The number of carbonyl (C=O) groups excluding carboxylic acids is 1. The van der Waals surface area contributed by atoms with E-state index in [1.54, 1.807) is 0 Å². The molecule has 3 atom stereocenters. The summed E-state index contributed by atoms with van der Waals surface area (Å²) in [7, 11) is 2.27. The molecule has 3 aliphatic rings. The fourth-order valence-corrected chi connectivity index (χ4v) is 4.23. The predicted molar refractivity (Wildman–Crippen MR) is 82.2 cm³/mol. The molecule has 1 amide bonds. The number of piperidine rings is 2. The number of nitrogens with zero attached hydrogens (tertiary/aromatic N) is 2. The summed E-state index contributed by atoms with van der Waals surface area (Å²) in [4.78, 5) is 17.0. The van der Waals surface area contributed by atoms with Gasteiger partial charge in [-0.1, -0.05) is 6.42 Å². The molecule has 0 spiro atoms. The lowest BCUT2D eigenvalue weighted by Gasteiger charge is -2.47. The second kappa shape index (κ2) is 6.63. The van der Waals surface area contributed by atoms with Crippen LogP contribution in [-0.2, 0) is 9.53 Å². The average molecular weight is 295 g/mol. The van der Waals surface area contributed by atoms with Crippen LogP contribution in [-0.4, -0.2) is 73.2 Å². The fourth-order valence-electron chi connectivity index (χ4n) is 4.23. The van der Waals surface area contributed by atoms with E-state index in [1.165, 1.54) is 32.1 Å². The van der Waals surface area contributed by atoms with Crippen molar-refractivity contribution in [3.05, 3.63) is 0 Å². The van der Waals surface area contributed by atoms with Crippen LogP contribution in [0.25, 0.3) is 0 Å². The highest BCUT2D eigenvalue weighted by molar-refractivity contribution is 5.81. The molecular formula is C16H29N3O2. The van der Waals surface area contributed by atoms with E-state index in [0.717, 1.165) is 13.1 Å². The van der Waals surface area contributed by atoms with E-state index < -0.39 is 0 Å². The predicted octanol–water partition coefficient (Wildman–Crippen LogP) is 0.839. The summed E-state index contributed by atoms with van der Waals surface area (Å²) in [6.07, 6.45) is 6.38. The van der Waals surface area contributed by atoms with Crippen LogP contribution >= 0.6 is 0 Å². The maximum Gasteiger partial charge on any atom is 0.239 e. The minimum absolute atomic E-state index is 0.0720. The van der Waals surface area contributed by atoms with E-state index in [4.69, 9.17) is 4.74 Å². The molecule has 0 aliphatic carbocycles. The van der Waals surface area contributed by atoms with Crippen molar-refractivity contribution >= 4 is 5.91 Å². The van der Waals surface area contributed by atoms with Crippen LogP contribution in [0, 0.1) is 0 Å². The number of hydrogen-bond donors (Lipinski definition) is 1. The zero-order chi connectivity index (χ0) is 14.8. The summed E-state index contributed by atoms with van der Waals surface area (Å²) < 4.78 is 5.32. The maximum absolute atomic E-state index is 12.5. The Kier molecular flexibility index (Phi) is 4.82. The van der Waals surface area contributed by atoms with Gasteiger partial charge < -0.3 is 19.9 Å². The number of fused-ring (bicyclic) bond motifs is 2. The third-order valence-electron chi connectivity index (χ3n) is 5.52. The van der Waals surface area contributed by atoms with Crippen molar-refractivity contribution in [1.82, 2.24) is 15.1 Å². The van der Waals surface area contributed by atoms with E-state index >= 15 is 0 Å². The van der Waals surface area contributed by atoms with Gasteiger partial charge in [0.25, 0.3) is 0 Å². The van der Waals surface area contributed by atoms with E-state index in [1.807, 2.05) is 11.8 Å². The molecule has 0 radical (unpaired) electrons. The summed E-state index contributed by atoms with van der Waals surface area (Å²) in [5.41, 5.74) is 0. The Morgan fingerprint density at radius 2 is 1.81 bits per heavy atom. The SMILES string of the molecule is CC(NC1CC2CCCC(C1)N2C)C(=O)N1CCOCC1. The van der Waals surface area contributed by atoms with Crippen molar-refractivity contribution in [2.45, 2.75) is 63.2 Å². The molecule has 3 saturated heterocycles. The van der Waals surface area contributed by atoms with Crippen molar-refractivity contribution in [3.8, 4) is 0 Å². The zero-order valence-corrected chi connectivity index (χ0v) is 13.4. The summed E-state index contributed by atoms with van der Waals surface area (Å²) >= 11 is 0. The molecule has 3 unspecified atom stereocenters. The van der Waals surface area contributed by atoms with Crippen molar-refractivity contribution < 1.29 is 9.53 Å². The topological polar surface area (TPSA) is 44.8 Å². The summed E-state index contributed by atoms with van der Waals surface area (Å²) in [5.74, 6) is 0.238. The standard InChI is InChI=1S/C16H29N3O2/c1-12(16(20)19-6-8-21-9-7-19)17-13-10-14-4-3-5-15(11-13)18(14)2/h12-15,17H,3-11H2,1-2H3. The first-order valence-electron chi connectivity index (χ1n) is 8.49. The van der Waals surface area contributed by atoms with Crippen LogP contribution in [0.5, 0.6) is 0 Å². The number of morpholine rings is 1. The Morgan fingerprint density at radius 1 is 1.19 bits per heavy atom. The van der Waals surface area contributed by atoms with E-state index in [2.05, 4.69) is 17.3 Å². The van der Waals surface area contributed by atoms with Crippen molar-refractivity contribution in [3.63, 3.8) is 0 Å². The van der Waals surface area contributed by atoms with E-state index in [0.29, 0.717) is 31.3 Å². The number of nitrogens with one attached hydrogen (secondary N) is 1. The molecule has 1 N–H and O–H groups in total. The van der Waals surface area contributed by atoms with Crippen LogP contribution in [0.3, 0.4) is 0 Å². The molecule has 0 aromatic heterocycles. The molecule has 3 rings (SSSR count). The Hall–Kier alpha value is -0.650. The molecule has 5 heteroatoms. The highest BCUT2D eigenvalue weighted by atomic mass is 16.5. The van der Waals surface area contributed by atoms with Crippen molar-refractivity contribution in [2.75, 3.05) is 33.4 Å². The van der Waals surface area contributed by atoms with E-state index in [-0.39, 0.29) is 11.9 Å². The monoisotopic (exact) mass is 295 g/mol. The molecule has 2 bridgehead atoms. The molecule has 0 saturated carbocycles. The lowest BCUT2D eigenvalue weighted by molar-refractivity contribution is -0.137. The number of carbonyl (C=O) groups is 1. The van der Waals surface area contributed by atoms with Gasteiger partial charge in [-0.2, -0.15) is 0 Å². The van der Waals surface area contributed by atoms with Crippen LogP contribution < -0.4 is 5.32 Å². The van der Waals surface area contributed by atoms with Gasteiger partial charge in [0.2, 0.25) is 5.91 Å². The van der Waals surface area contributed by atoms with Crippen LogP contribution in [0.4, 0.5) is 0 Å². The summed E-state index contributed by atoms with van der Waals surface area (Å²) in [5, 5.41) is 3.61. The molecule has 5 nitrogen and oxygen atoms in total. The molecule has 3 fully saturated rings. The molecular weight excluding hydrogens is 266 g/mol. The molecule has 0 aromatic rings. The lowest BCUT2D eigenvalue weighted by atomic mass is 9.82. The first-order valence-corrected chi connectivity index (χ1v) is 8.49. The van der Waals surface area contributed by atoms with Crippen LogP contribution in [0.1, 0.15) is 39.0 Å². The third-order valence-corrected chi connectivity index (χ3v) is 5.52. The van der Waals surface area contributed by atoms with E-state index in [9.17, 15) is 4.79 Å². The van der Waals surface area contributed by atoms with Gasteiger partial charge >= 0.3 is 0 Å². The number of ether oxygens (including phenoxy) is 1. The zero-order valence-electron chi connectivity index (χ0n) is 13.4. The van der Waals surface area contributed by atoms with Gasteiger partial charge in [0, 0.05) is 31.2 Å². The van der Waals surface area contributed by atoms with Gasteiger partial charge in [0.1, 0.15) is 0 Å². The third kappa shape index (κ3) is 3.41. The molecule has 0 aromatic carbocycles. The highest BCUT2D eigenvalue weighted by Gasteiger charge is 2.37. The maximum atomic E-state index is 12.5. The minimum Gasteiger partial charge on any atom is -0.378 e. The quantitative estimate of drug-likeness (QED) is 0.838. The second-order valence-corrected chi connectivity index (χ2v) is 6.90. The average Bonchev–Trinajstić information content (AvgIpc) is 2.48. The van der Waals surface area contributed by atoms with Crippen LogP contribution in [0.2, 0.25) is 0 Å². The first kappa shape index (κ1) is 15.3. The van der Waals surface area contributed by atoms with Crippen molar-refractivity contribution in [2.24, 2.45) is 0 Å². The van der Waals surface area contributed by atoms with Gasteiger partial charge in [-0.3, -0.25) is 4.79 Å². The van der Waals surface area contributed by atoms with Gasteiger partial charge in [-0.15, -0.1) is 0 Å². The fraction of sp³-hybridized carbons (Fsp3) is 0.938. The van der Waals surface area contributed by atoms with Crippen LogP contribution in [0.15, 0.2) is 0 Å².